The fourth-order valence-electron chi connectivity index (χ4n) is 1.93. The summed E-state index contributed by atoms with van der Waals surface area (Å²) in [7, 11) is 0. The van der Waals surface area contributed by atoms with Crippen LogP contribution in [0.25, 0.3) is 0 Å². The van der Waals surface area contributed by atoms with Crippen LogP contribution in [-0.2, 0) is 11.3 Å². The minimum Gasteiger partial charge on any atom is -0.437 e. The van der Waals surface area contributed by atoms with Crippen molar-refractivity contribution < 1.29 is 9.53 Å². The van der Waals surface area contributed by atoms with Crippen molar-refractivity contribution in [2.45, 2.75) is 32.6 Å². The molecule has 0 saturated heterocycles. The maximum absolute atomic E-state index is 12.0. The molecule has 1 N–H and O–H groups in total. The van der Waals surface area contributed by atoms with E-state index >= 15 is 0 Å². The molecule has 0 spiro atoms. The van der Waals surface area contributed by atoms with E-state index in [1.165, 1.54) is 0 Å². The molecule has 0 unspecified atom stereocenters. The van der Waals surface area contributed by atoms with Crippen LogP contribution in [0.4, 0.5) is 0 Å². The van der Waals surface area contributed by atoms with Crippen molar-refractivity contribution in [1.29, 1.82) is 0 Å². The third kappa shape index (κ3) is 5.25. The SMILES string of the molecule is CCS[C@H](C)C(=O)NCc1cccnc1Oc1ccc(C)nc1. The number of aryl methyl sites for hydroxylation is 1. The monoisotopic (exact) mass is 331 g/mol. The van der Waals surface area contributed by atoms with E-state index in [-0.39, 0.29) is 11.2 Å². The van der Waals surface area contributed by atoms with Crippen LogP contribution < -0.4 is 10.1 Å². The molecule has 0 radical (unpaired) electrons. The molecule has 0 bridgehead atoms. The van der Waals surface area contributed by atoms with Gasteiger partial charge in [0.25, 0.3) is 0 Å². The number of aromatic nitrogens is 2. The van der Waals surface area contributed by atoms with Gasteiger partial charge in [0.15, 0.2) is 0 Å². The van der Waals surface area contributed by atoms with E-state index in [9.17, 15) is 4.79 Å². The fourth-order valence-corrected chi connectivity index (χ4v) is 2.66. The third-order valence-corrected chi connectivity index (χ3v) is 4.24. The first-order chi connectivity index (χ1) is 11.1. The Kier molecular flexibility index (Phi) is 6.40. The lowest BCUT2D eigenvalue weighted by molar-refractivity contribution is -0.120. The van der Waals surface area contributed by atoms with Gasteiger partial charge >= 0.3 is 0 Å². The number of carbonyl (C=O) groups is 1. The van der Waals surface area contributed by atoms with E-state index in [4.69, 9.17) is 4.74 Å². The second kappa shape index (κ2) is 8.53. The lowest BCUT2D eigenvalue weighted by Gasteiger charge is -2.13. The maximum atomic E-state index is 12.0. The zero-order valence-corrected chi connectivity index (χ0v) is 14.4. The molecule has 0 saturated carbocycles. The van der Waals surface area contributed by atoms with Gasteiger partial charge < -0.3 is 10.1 Å². The van der Waals surface area contributed by atoms with Crippen LogP contribution in [0.1, 0.15) is 25.1 Å². The quantitative estimate of drug-likeness (QED) is 0.843. The molecule has 0 fully saturated rings. The molecule has 5 nitrogen and oxygen atoms in total. The first kappa shape index (κ1) is 17.3. The molecular formula is C17H21N3O2S. The fraction of sp³-hybridized carbons (Fsp3) is 0.353. The van der Waals surface area contributed by atoms with Gasteiger partial charge in [-0.05, 0) is 37.8 Å². The van der Waals surface area contributed by atoms with Gasteiger partial charge in [0, 0.05) is 24.0 Å². The van der Waals surface area contributed by atoms with E-state index in [1.807, 2.05) is 45.0 Å². The average molecular weight is 331 g/mol. The highest BCUT2D eigenvalue weighted by atomic mass is 32.2. The largest absolute Gasteiger partial charge is 0.437 e. The first-order valence-electron chi connectivity index (χ1n) is 7.54. The van der Waals surface area contributed by atoms with E-state index in [1.54, 1.807) is 24.2 Å². The molecule has 0 aliphatic rings. The summed E-state index contributed by atoms with van der Waals surface area (Å²) in [6, 6.07) is 7.44. The Morgan fingerprint density at radius 2 is 2.17 bits per heavy atom. The van der Waals surface area contributed by atoms with Gasteiger partial charge in [-0.2, -0.15) is 0 Å². The molecule has 2 heterocycles. The van der Waals surface area contributed by atoms with Crippen molar-refractivity contribution in [3.63, 3.8) is 0 Å². The highest BCUT2D eigenvalue weighted by Gasteiger charge is 2.13. The van der Waals surface area contributed by atoms with Gasteiger partial charge in [0.2, 0.25) is 11.8 Å². The summed E-state index contributed by atoms with van der Waals surface area (Å²) in [5.41, 5.74) is 1.75. The maximum Gasteiger partial charge on any atom is 0.233 e. The van der Waals surface area contributed by atoms with Crippen LogP contribution >= 0.6 is 11.8 Å². The Hall–Kier alpha value is -2.08. The first-order valence-corrected chi connectivity index (χ1v) is 8.58. The van der Waals surface area contributed by atoms with Crippen molar-refractivity contribution in [1.82, 2.24) is 15.3 Å². The van der Waals surface area contributed by atoms with E-state index < -0.39 is 0 Å². The normalized spacial score (nSPS) is 11.8. The summed E-state index contributed by atoms with van der Waals surface area (Å²) in [6.07, 6.45) is 3.32. The zero-order valence-electron chi connectivity index (χ0n) is 13.6. The van der Waals surface area contributed by atoms with Crippen LogP contribution in [0.15, 0.2) is 36.7 Å². The number of amides is 1. The molecular weight excluding hydrogens is 310 g/mol. The van der Waals surface area contributed by atoms with Gasteiger partial charge in [0.05, 0.1) is 11.4 Å². The second-order valence-corrected chi connectivity index (χ2v) is 6.64. The van der Waals surface area contributed by atoms with Crippen molar-refractivity contribution in [2.75, 3.05) is 5.75 Å². The van der Waals surface area contributed by atoms with Crippen LogP contribution in [0.2, 0.25) is 0 Å². The Bertz CT molecular complexity index is 647. The van der Waals surface area contributed by atoms with Crippen LogP contribution in [0.3, 0.4) is 0 Å². The molecule has 0 aromatic carbocycles. The Morgan fingerprint density at radius 3 is 2.87 bits per heavy atom. The van der Waals surface area contributed by atoms with Crippen LogP contribution in [0, 0.1) is 6.92 Å². The molecule has 2 rings (SSSR count). The number of carbonyl (C=O) groups excluding carboxylic acids is 1. The van der Waals surface area contributed by atoms with Gasteiger partial charge in [-0.15, -0.1) is 11.8 Å². The number of ether oxygens (including phenoxy) is 1. The molecule has 1 amide bonds. The molecule has 122 valence electrons. The zero-order chi connectivity index (χ0) is 16.7. The predicted octanol–water partition coefficient (Wildman–Crippen LogP) is 3.34. The number of pyridine rings is 2. The minimum absolute atomic E-state index is 0.0173. The Labute approximate surface area is 140 Å². The molecule has 6 heteroatoms. The van der Waals surface area contributed by atoms with Gasteiger partial charge in [-0.1, -0.05) is 13.0 Å². The number of nitrogens with one attached hydrogen (secondary N) is 1. The van der Waals surface area contributed by atoms with Crippen molar-refractivity contribution in [2.24, 2.45) is 0 Å². The molecule has 2 aromatic heterocycles. The minimum atomic E-state index is -0.0673. The average Bonchev–Trinajstić information content (AvgIpc) is 2.56. The van der Waals surface area contributed by atoms with Gasteiger partial charge in [0.1, 0.15) is 5.75 Å². The number of thioether (sulfide) groups is 1. The number of nitrogens with zero attached hydrogens (tertiary/aromatic N) is 2. The molecule has 23 heavy (non-hydrogen) atoms. The number of rotatable bonds is 7. The topological polar surface area (TPSA) is 64.1 Å². The van der Waals surface area contributed by atoms with Crippen molar-refractivity contribution in [3.8, 4) is 11.6 Å². The third-order valence-electron chi connectivity index (χ3n) is 3.19. The summed E-state index contributed by atoms with van der Waals surface area (Å²) in [4.78, 5) is 20.5. The molecule has 0 aliphatic heterocycles. The summed E-state index contributed by atoms with van der Waals surface area (Å²) >= 11 is 1.62. The molecule has 0 aliphatic carbocycles. The van der Waals surface area contributed by atoms with Crippen molar-refractivity contribution >= 4 is 17.7 Å². The van der Waals surface area contributed by atoms with E-state index in [2.05, 4.69) is 15.3 Å². The standard InChI is InChI=1S/C17H21N3O2S/c1-4-23-13(3)16(21)20-10-14-6-5-9-18-17(14)22-15-8-7-12(2)19-11-15/h5-9,11,13H,4,10H2,1-3H3,(H,20,21)/t13-/m1/s1. The van der Waals surface area contributed by atoms with E-state index in [0.29, 0.717) is 18.2 Å². The van der Waals surface area contributed by atoms with Gasteiger partial charge in [-0.3, -0.25) is 9.78 Å². The Morgan fingerprint density at radius 1 is 1.35 bits per heavy atom. The van der Waals surface area contributed by atoms with Crippen molar-refractivity contribution in [3.05, 3.63) is 47.9 Å². The lowest BCUT2D eigenvalue weighted by atomic mass is 10.2. The summed E-state index contributed by atoms with van der Waals surface area (Å²) < 4.78 is 5.77. The summed E-state index contributed by atoms with van der Waals surface area (Å²) in [6.45, 7) is 6.25. The highest BCUT2D eigenvalue weighted by Crippen LogP contribution is 2.22. The summed E-state index contributed by atoms with van der Waals surface area (Å²) in [5.74, 6) is 2.03. The second-order valence-electron chi connectivity index (χ2n) is 5.02. The van der Waals surface area contributed by atoms with Crippen LogP contribution in [0.5, 0.6) is 11.6 Å². The predicted molar refractivity (Wildman–Crippen MR) is 92.7 cm³/mol. The number of hydrogen-bond acceptors (Lipinski definition) is 5. The summed E-state index contributed by atoms with van der Waals surface area (Å²) in [5, 5.41) is 2.86. The molecule has 1 atom stereocenters. The molecule has 2 aromatic rings. The van der Waals surface area contributed by atoms with Crippen LogP contribution in [-0.4, -0.2) is 26.9 Å². The number of hydrogen-bond donors (Lipinski definition) is 1. The Balaban J connectivity index is 2.02. The smallest absolute Gasteiger partial charge is 0.233 e. The highest BCUT2D eigenvalue weighted by molar-refractivity contribution is 8.00. The van der Waals surface area contributed by atoms with E-state index in [0.717, 1.165) is 17.0 Å². The lowest BCUT2D eigenvalue weighted by Crippen LogP contribution is -2.30. The van der Waals surface area contributed by atoms with Gasteiger partial charge in [-0.25, -0.2) is 4.98 Å².